The van der Waals surface area contributed by atoms with Gasteiger partial charge in [-0.2, -0.15) is 0 Å². The number of nitrogens with zero attached hydrogens (tertiary/aromatic N) is 6. The summed E-state index contributed by atoms with van der Waals surface area (Å²) in [5.74, 6) is 0.845. The number of tetrazole rings is 1. The predicted octanol–water partition coefficient (Wildman–Crippen LogP) is 2.68. The first kappa shape index (κ1) is 26.0. The number of rotatable bonds is 11. The number of benzene rings is 1. The van der Waals surface area contributed by atoms with E-state index in [1.165, 1.54) is 5.56 Å². The second-order valence-corrected chi connectivity index (χ2v) is 10.3. The maximum Gasteiger partial charge on any atom is 0.252 e. The molecule has 2 aliphatic rings. The van der Waals surface area contributed by atoms with Gasteiger partial charge in [0.1, 0.15) is 0 Å². The summed E-state index contributed by atoms with van der Waals surface area (Å²) in [7, 11) is 0. The number of fused-ring (bicyclic) bond motifs is 1. The average Bonchev–Trinajstić information content (AvgIpc) is 3.59. The molecule has 200 valence electrons. The summed E-state index contributed by atoms with van der Waals surface area (Å²) in [4.78, 5) is 21.0. The summed E-state index contributed by atoms with van der Waals surface area (Å²) in [6.07, 6.45) is 4.10. The molecule has 2 aromatic heterocycles. The van der Waals surface area contributed by atoms with Crippen molar-refractivity contribution >= 4 is 10.9 Å². The predicted molar refractivity (Wildman–Crippen MR) is 141 cm³/mol. The van der Waals surface area contributed by atoms with Crippen LogP contribution < -0.4 is 5.56 Å². The highest BCUT2D eigenvalue weighted by Crippen LogP contribution is 2.26. The fourth-order valence-electron chi connectivity index (χ4n) is 5.54. The Labute approximate surface area is 217 Å². The summed E-state index contributed by atoms with van der Waals surface area (Å²) in [5, 5.41) is 13.9. The number of aryl methyl sites for hydroxylation is 1. The van der Waals surface area contributed by atoms with Crippen molar-refractivity contribution in [1.29, 1.82) is 0 Å². The highest BCUT2D eigenvalue weighted by molar-refractivity contribution is 5.79. The van der Waals surface area contributed by atoms with Crippen molar-refractivity contribution in [3.8, 4) is 0 Å². The Balaban J connectivity index is 1.39. The van der Waals surface area contributed by atoms with E-state index in [-0.39, 0.29) is 17.7 Å². The summed E-state index contributed by atoms with van der Waals surface area (Å²) in [6.45, 7) is 11.6. The molecule has 0 aliphatic carbocycles. The van der Waals surface area contributed by atoms with Crippen molar-refractivity contribution < 1.29 is 9.47 Å². The molecule has 0 unspecified atom stereocenters. The summed E-state index contributed by atoms with van der Waals surface area (Å²) < 4.78 is 13.3. The van der Waals surface area contributed by atoms with E-state index < -0.39 is 0 Å². The number of aromatic amines is 1. The number of morpholine rings is 1. The number of hydrogen-bond acceptors (Lipinski definition) is 8. The van der Waals surface area contributed by atoms with E-state index in [0.29, 0.717) is 13.1 Å². The van der Waals surface area contributed by atoms with Crippen molar-refractivity contribution in [3.63, 3.8) is 0 Å². The quantitative estimate of drug-likeness (QED) is 0.421. The highest BCUT2D eigenvalue weighted by atomic mass is 16.5. The number of hydrogen-bond donors (Lipinski definition) is 1. The minimum Gasteiger partial charge on any atom is -0.379 e. The van der Waals surface area contributed by atoms with Crippen LogP contribution >= 0.6 is 0 Å². The molecule has 1 aromatic carbocycles. The first-order chi connectivity index (χ1) is 18.1. The second kappa shape index (κ2) is 12.3. The van der Waals surface area contributed by atoms with Gasteiger partial charge in [-0.25, -0.2) is 4.68 Å². The molecule has 2 aliphatic heterocycles. The normalized spacial score (nSPS) is 19.7. The van der Waals surface area contributed by atoms with E-state index in [0.717, 1.165) is 94.0 Å². The van der Waals surface area contributed by atoms with Crippen molar-refractivity contribution in [2.75, 3.05) is 46.0 Å². The molecule has 3 aromatic rings. The summed E-state index contributed by atoms with van der Waals surface area (Å²) in [6, 6.07) is 8.16. The lowest BCUT2D eigenvalue weighted by molar-refractivity contribution is 0.0348. The van der Waals surface area contributed by atoms with Gasteiger partial charge in [0, 0.05) is 43.9 Å². The molecule has 2 atom stereocenters. The molecule has 0 saturated carbocycles. The minimum absolute atomic E-state index is 0.00583. The zero-order valence-electron chi connectivity index (χ0n) is 22.1. The van der Waals surface area contributed by atoms with Crippen LogP contribution in [0.4, 0.5) is 0 Å². The fourth-order valence-corrected chi connectivity index (χ4v) is 5.54. The van der Waals surface area contributed by atoms with Crippen LogP contribution in [0.2, 0.25) is 0 Å². The largest absolute Gasteiger partial charge is 0.379 e. The maximum absolute atomic E-state index is 13.1. The fraction of sp³-hybridized carbons (Fsp3) is 0.630. The third-order valence-electron chi connectivity index (χ3n) is 7.56. The van der Waals surface area contributed by atoms with Gasteiger partial charge >= 0.3 is 0 Å². The minimum atomic E-state index is -0.0386. The molecular formula is C27H39N7O3. The first-order valence-electron chi connectivity index (χ1n) is 13.6. The summed E-state index contributed by atoms with van der Waals surface area (Å²) >= 11 is 0. The molecule has 10 heteroatoms. The Kier molecular flexibility index (Phi) is 8.60. The molecule has 0 amide bonds. The van der Waals surface area contributed by atoms with Gasteiger partial charge < -0.3 is 14.5 Å². The Bertz CT molecular complexity index is 1210. The number of pyridine rings is 1. The van der Waals surface area contributed by atoms with Gasteiger partial charge in [0.2, 0.25) is 0 Å². The Hall–Kier alpha value is -2.66. The third-order valence-corrected chi connectivity index (χ3v) is 7.56. The zero-order valence-corrected chi connectivity index (χ0v) is 22.1. The standard InChI is InChI=1S/C27H39N7O3/c1-3-25(26-29-30-31-34(26)19-23-6-4-13-37-23)33(10-5-9-32-11-14-36-15-12-32)18-22-17-21-16-20(2)7-8-24(21)28-27(22)35/h7-8,16-17,23,25H,3-6,9-15,18-19H2,1-2H3,(H,28,35)/t23-,25+/m1/s1. The molecule has 0 spiro atoms. The van der Waals surface area contributed by atoms with Crippen LogP contribution in [0, 0.1) is 6.92 Å². The highest BCUT2D eigenvalue weighted by Gasteiger charge is 2.27. The lowest BCUT2D eigenvalue weighted by Gasteiger charge is -2.32. The van der Waals surface area contributed by atoms with Gasteiger partial charge in [-0.15, -0.1) is 5.10 Å². The zero-order chi connectivity index (χ0) is 25.6. The third kappa shape index (κ3) is 6.43. The summed E-state index contributed by atoms with van der Waals surface area (Å²) in [5.41, 5.74) is 2.77. The molecule has 37 heavy (non-hydrogen) atoms. The van der Waals surface area contributed by atoms with Gasteiger partial charge in [-0.1, -0.05) is 18.6 Å². The number of nitrogens with one attached hydrogen (secondary N) is 1. The van der Waals surface area contributed by atoms with E-state index >= 15 is 0 Å². The van der Waals surface area contributed by atoms with Gasteiger partial charge in [-0.3, -0.25) is 14.6 Å². The number of aromatic nitrogens is 5. The molecule has 1 N–H and O–H groups in total. The molecule has 2 fully saturated rings. The van der Waals surface area contributed by atoms with Crippen molar-refractivity contribution in [3.05, 3.63) is 51.6 Å². The Morgan fingerprint density at radius 3 is 2.86 bits per heavy atom. The van der Waals surface area contributed by atoms with E-state index in [9.17, 15) is 4.79 Å². The van der Waals surface area contributed by atoms with Crippen LogP contribution in [0.3, 0.4) is 0 Å². The van der Waals surface area contributed by atoms with Crippen LogP contribution in [-0.2, 0) is 22.6 Å². The maximum atomic E-state index is 13.1. The smallest absolute Gasteiger partial charge is 0.252 e. The van der Waals surface area contributed by atoms with E-state index in [1.807, 2.05) is 22.9 Å². The van der Waals surface area contributed by atoms with Crippen molar-refractivity contribution in [1.82, 2.24) is 35.0 Å². The van der Waals surface area contributed by atoms with Crippen LogP contribution in [0.25, 0.3) is 10.9 Å². The van der Waals surface area contributed by atoms with Gasteiger partial charge in [0.15, 0.2) is 5.82 Å². The average molecular weight is 510 g/mol. The topological polar surface area (TPSA) is 101 Å². The molecule has 0 bridgehead atoms. The molecule has 0 radical (unpaired) electrons. The van der Waals surface area contributed by atoms with Crippen molar-refractivity contribution in [2.45, 2.75) is 64.8 Å². The van der Waals surface area contributed by atoms with Crippen LogP contribution in [0.15, 0.2) is 29.1 Å². The Morgan fingerprint density at radius 1 is 1.22 bits per heavy atom. The number of H-pyrrole nitrogens is 1. The lowest BCUT2D eigenvalue weighted by atomic mass is 10.1. The van der Waals surface area contributed by atoms with Gasteiger partial charge in [-0.05, 0) is 73.2 Å². The van der Waals surface area contributed by atoms with E-state index in [4.69, 9.17) is 9.47 Å². The SMILES string of the molecule is CC[C@@H](c1nnnn1C[C@H]1CCCO1)N(CCCN1CCOCC1)Cc1cc2cc(C)ccc2[nH]c1=O. The van der Waals surface area contributed by atoms with Crippen LogP contribution in [-0.4, -0.2) is 87.1 Å². The van der Waals surface area contributed by atoms with Crippen LogP contribution in [0.5, 0.6) is 0 Å². The molecular weight excluding hydrogens is 470 g/mol. The molecule has 10 nitrogen and oxygen atoms in total. The second-order valence-electron chi connectivity index (χ2n) is 10.3. The van der Waals surface area contributed by atoms with Crippen molar-refractivity contribution in [2.24, 2.45) is 0 Å². The monoisotopic (exact) mass is 509 g/mol. The van der Waals surface area contributed by atoms with E-state index in [1.54, 1.807) is 0 Å². The van der Waals surface area contributed by atoms with E-state index in [2.05, 4.69) is 50.2 Å². The molecule has 5 rings (SSSR count). The molecule has 2 saturated heterocycles. The number of ether oxygens (including phenoxy) is 2. The Morgan fingerprint density at radius 2 is 2.08 bits per heavy atom. The lowest BCUT2D eigenvalue weighted by Crippen LogP contribution is -2.39. The van der Waals surface area contributed by atoms with Crippen LogP contribution in [0.1, 0.15) is 55.6 Å². The first-order valence-corrected chi connectivity index (χ1v) is 13.6. The van der Waals surface area contributed by atoms with Gasteiger partial charge in [0.05, 0.1) is 31.9 Å². The molecule has 4 heterocycles. The van der Waals surface area contributed by atoms with Gasteiger partial charge in [0.25, 0.3) is 5.56 Å².